The Morgan fingerprint density at radius 1 is 1.35 bits per heavy atom. The fraction of sp³-hybridized carbons (Fsp3) is 0.438. The van der Waals surface area contributed by atoms with Crippen molar-refractivity contribution in [3.63, 3.8) is 0 Å². The van der Waals surface area contributed by atoms with E-state index in [1.54, 1.807) is 13.2 Å². The van der Waals surface area contributed by atoms with Crippen LogP contribution in [0.15, 0.2) is 30.3 Å². The van der Waals surface area contributed by atoms with Crippen molar-refractivity contribution in [2.45, 2.75) is 37.8 Å². The molecule has 0 saturated heterocycles. The van der Waals surface area contributed by atoms with Crippen LogP contribution in [0.4, 0.5) is 0 Å². The maximum Gasteiger partial charge on any atom is 0.244 e. The molecule has 108 valence electrons. The quantitative estimate of drug-likeness (QED) is 0.828. The fourth-order valence-corrected chi connectivity index (χ4v) is 2.48. The van der Waals surface area contributed by atoms with Gasteiger partial charge in [0, 0.05) is 11.6 Å². The van der Waals surface area contributed by atoms with E-state index in [0.717, 1.165) is 37.0 Å². The molecule has 0 heterocycles. The minimum absolute atomic E-state index is 0.126. The zero-order chi connectivity index (χ0) is 14.4. The predicted molar refractivity (Wildman–Crippen MR) is 78.4 cm³/mol. The summed E-state index contributed by atoms with van der Waals surface area (Å²) in [5.74, 6) is 0.552. The van der Waals surface area contributed by atoms with Crippen molar-refractivity contribution in [2.24, 2.45) is 0 Å². The van der Waals surface area contributed by atoms with Crippen molar-refractivity contribution >= 4 is 12.0 Å². The number of methoxy groups -OCH3 is 1. The Labute approximate surface area is 119 Å². The Kier molecular flexibility index (Phi) is 5.18. The fourth-order valence-electron chi connectivity index (χ4n) is 2.48. The molecule has 20 heavy (non-hydrogen) atoms. The molecule has 2 atom stereocenters. The number of hydrogen-bond acceptors (Lipinski definition) is 3. The third-order valence-electron chi connectivity index (χ3n) is 3.61. The number of amides is 1. The van der Waals surface area contributed by atoms with Crippen LogP contribution in [0.1, 0.15) is 31.2 Å². The van der Waals surface area contributed by atoms with Crippen molar-refractivity contribution in [3.8, 4) is 5.75 Å². The number of para-hydroxylation sites is 1. The second-order valence-corrected chi connectivity index (χ2v) is 5.04. The van der Waals surface area contributed by atoms with Gasteiger partial charge in [-0.2, -0.15) is 0 Å². The molecule has 2 N–H and O–H groups in total. The third kappa shape index (κ3) is 3.84. The molecule has 0 spiro atoms. The van der Waals surface area contributed by atoms with Gasteiger partial charge in [-0.25, -0.2) is 0 Å². The average molecular weight is 275 g/mol. The maximum atomic E-state index is 11.9. The highest BCUT2D eigenvalue weighted by Gasteiger charge is 2.23. The van der Waals surface area contributed by atoms with E-state index in [1.165, 1.54) is 6.08 Å². The van der Waals surface area contributed by atoms with Crippen LogP contribution >= 0.6 is 0 Å². The number of rotatable bonds is 4. The summed E-state index contributed by atoms with van der Waals surface area (Å²) in [7, 11) is 1.60. The summed E-state index contributed by atoms with van der Waals surface area (Å²) in [4.78, 5) is 11.9. The van der Waals surface area contributed by atoms with Crippen LogP contribution in [0.5, 0.6) is 5.75 Å². The second-order valence-electron chi connectivity index (χ2n) is 5.04. The van der Waals surface area contributed by atoms with Crippen molar-refractivity contribution in [2.75, 3.05) is 7.11 Å². The van der Waals surface area contributed by atoms with E-state index in [0.29, 0.717) is 0 Å². The molecule has 1 amide bonds. The molecule has 1 aromatic carbocycles. The summed E-state index contributed by atoms with van der Waals surface area (Å²) in [6.07, 6.45) is 6.48. The average Bonchev–Trinajstić information content (AvgIpc) is 2.48. The third-order valence-corrected chi connectivity index (χ3v) is 3.61. The minimum atomic E-state index is -0.424. The Morgan fingerprint density at radius 3 is 2.85 bits per heavy atom. The van der Waals surface area contributed by atoms with E-state index < -0.39 is 6.10 Å². The molecule has 0 radical (unpaired) electrons. The molecule has 1 fully saturated rings. The van der Waals surface area contributed by atoms with Crippen molar-refractivity contribution in [1.29, 1.82) is 0 Å². The number of carbonyl (C=O) groups is 1. The molecule has 0 bridgehead atoms. The first-order chi connectivity index (χ1) is 9.70. The van der Waals surface area contributed by atoms with Crippen LogP contribution in [0.2, 0.25) is 0 Å². The highest BCUT2D eigenvalue weighted by atomic mass is 16.5. The summed E-state index contributed by atoms with van der Waals surface area (Å²) in [5.41, 5.74) is 0.856. The molecular weight excluding hydrogens is 254 g/mol. The van der Waals surface area contributed by atoms with E-state index in [1.807, 2.05) is 24.3 Å². The Balaban J connectivity index is 1.95. The zero-order valence-corrected chi connectivity index (χ0v) is 11.7. The number of hydrogen-bond donors (Lipinski definition) is 2. The lowest BCUT2D eigenvalue weighted by atomic mass is 9.92. The first kappa shape index (κ1) is 14.6. The van der Waals surface area contributed by atoms with Crippen LogP contribution in [-0.4, -0.2) is 30.3 Å². The van der Waals surface area contributed by atoms with Gasteiger partial charge in [0.25, 0.3) is 0 Å². The molecule has 1 aliphatic rings. The minimum Gasteiger partial charge on any atom is -0.496 e. The lowest BCUT2D eigenvalue weighted by Gasteiger charge is -2.27. The normalized spacial score (nSPS) is 22.7. The highest BCUT2D eigenvalue weighted by molar-refractivity contribution is 5.92. The van der Waals surface area contributed by atoms with Gasteiger partial charge in [-0.1, -0.05) is 31.0 Å². The lowest BCUT2D eigenvalue weighted by Crippen LogP contribution is -2.44. The summed E-state index contributed by atoms with van der Waals surface area (Å²) in [6.45, 7) is 0. The van der Waals surface area contributed by atoms with Gasteiger partial charge in [-0.3, -0.25) is 4.79 Å². The molecule has 0 aliphatic heterocycles. The first-order valence-corrected chi connectivity index (χ1v) is 7.00. The van der Waals surface area contributed by atoms with E-state index in [2.05, 4.69) is 5.32 Å². The molecule has 4 heteroatoms. The maximum absolute atomic E-state index is 11.9. The number of nitrogens with one attached hydrogen (secondary N) is 1. The monoisotopic (exact) mass is 275 g/mol. The lowest BCUT2D eigenvalue weighted by molar-refractivity contribution is -0.118. The van der Waals surface area contributed by atoms with Crippen LogP contribution in [0.3, 0.4) is 0 Å². The van der Waals surface area contributed by atoms with E-state index >= 15 is 0 Å². The van der Waals surface area contributed by atoms with Gasteiger partial charge < -0.3 is 15.2 Å². The summed E-state index contributed by atoms with van der Waals surface area (Å²) < 4.78 is 5.22. The van der Waals surface area contributed by atoms with Crippen LogP contribution < -0.4 is 10.1 Å². The van der Waals surface area contributed by atoms with E-state index in [4.69, 9.17) is 4.74 Å². The second kappa shape index (κ2) is 7.10. The van der Waals surface area contributed by atoms with Gasteiger partial charge >= 0.3 is 0 Å². The number of aliphatic hydroxyl groups excluding tert-OH is 1. The van der Waals surface area contributed by atoms with Gasteiger partial charge in [0.2, 0.25) is 5.91 Å². The summed E-state index contributed by atoms with van der Waals surface area (Å²) in [6, 6.07) is 7.39. The molecular formula is C16H21NO3. The number of ether oxygens (including phenoxy) is 1. The zero-order valence-electron chi connectivity index (χ0n) is 11.7. The van der Waals surface area contributed by atoms with Gasteiger partial charge in [0.1, 0.15) is 5.75 Å². The van der Waals surface area contributed by atoms with Crippen molar-refractivity contribution in [1.82, 2.24) is 5.32 Å². The molecule has 0 aromatic heterocycles. The van der Waals surface area contributed by atoms with Gasteiger partial charge in [0.05, 0.1) is 19.3 Å². The van der Waals surface area contributed by atoms with Crippen molar-refractivity contribution < 1.29 is 14.6 Å². The SMILES string of the molecule is COc1ccccc1/C=C/C(=O)NC1CCCCC1O. The summed E-state index contributed by atoms with van der Waals surface area (Å²) >= 11 is 0. The molecule has 1 aliphatic carbocycles. The smallest absolute Gasteiger partial charge is 0.244 e. The Morgan fingerprint density at radius 2 is 2.10 bits per heavy atom. The number of carbonyl (C=O) groups excluding carboxylic acids is 1. The Hall–Kier alpha value is -1.81. The van der Waals surface area contributed by atoms with Crippen molar-refractivity contribution in [3.05, 3.63) is 35.9 Å². The molecule has 1 saturated carbocycles. The van der Waals surface area contributed by atoms with Crippen LogP contribution in [0, 0.1) is 0 Å². The van der Waals surface area contributed by atoms with Gasteiger partial charge in [0.15, 0.2) is 0 Å². The molecule has 4 nitrogen and oxygen atoms in total. The topological polar surface area (TPSA) is 58.6 Å². The van der Waals surface area contributed by atoms with E-state index in [9.17, 15) is 9.90 Å². The molecule has 1 aromatic rings. The van der Waals surface area contributed by atoms with Crippen LogP contribution in [0.25, 0.3) is 6.08 Å². The predicted octanol–water partition coefficient (Wildman–Crippen LogP) is 2.13. The Bertz CT molecular complexity index is 484. The van der Waals surface area contributed by atoms with Gasteiger partial charge in [-0.05, 0) is 25.0 Å². The molecule has 2 unspecified atom stereocenters. The van der Waals surface area contributed by atoms with Crippen LogP contribution in [-0.2, 0) is 4.79 Å². The first-order valence-electron chi connectivity index (χ1n) is 7.00. The standard InChI is InChI=1S/C16H21NO3/c1-20-15-9-5-2-6-12(15)10-11-16(19)17-13-7-3-4-8-14(13)18/h2,5-6,9-11,13-14,18H,3-4,7-8H2,1H3,(H,17,19)/b11-10+. The summed E-state index contributed by atoms with van der Waals surface area (Å²) in [5, 5.41) is 12.7. The molecule has 2 rings (SSSR count). The van der Waals surface area contributed by atoms with E-state index in [-0.39, 0.29) is 11.9 Å². The number of aliphatic hydroxyl groups is 1. The largest absolute Gasteiger partial charge is 0.496 e. The highest BCUT2D eigenvalue weighted by Crippen LogP contribution is 2.20. The number of benzene rings is 1. The van der Waals surface area contributed by atoms with Gasteiger partial charge in [-0.15, -0.1) is 0 Å².